The molecule has 0 aliphatic heterocycles. The first-order valence-corrected chi connectivity index (χ1v) is 10.1. The van der Waals surface area contributed by atoms with Crippen molar-refractivity contribution in [2.45, 2.75) is 20.5 Å². The Morgan fingerprint density at radius 1 is 1.20 bits per heavy atom. The van der Waals surface area contributed by atoms with Crippen molar-refractivity contribution < 1.29 is 23.9 Å². The molecule has 3 rings (SSSR count). The monoisotopic (exact) mass is 471 g/mol. The quantitative estimate of drug-likeness (QED) is 0.192. The molecule has 1 amide bonds. The van der Waals surface area contributed by atoms with Crippen molar-refractivity contribution in [1.82, 2.24) is 5.48 Å². The Morgan fingerprint density at radius 2 is 2.03 bits per heavy atom. The molecule has 7 heteroatoms. The Bertz CT molecular complexity index is 1100. The van der Waals surface area contributed by atoms with Gasteiger partial charge in [0, 0.05) is 21.5 Å². The summed E-state index contributed by atoms with van der Waals surface area (Å²) >= 11 is 3.46. The van der Waals surface area contributed by atoms with Crippen molar-refractivity contribution in [3.8, 4) is 11.5 Å². The van der Waals surface area contributed by atoms with Gasteiger partial charge in [-0.15, -0.1) is 0 Å². The SMILES string of the molecule is CC(C)=CCOc1c(OCc2cccc(Br)c2)c(/C=C/C(=O)NO)cc2ccoc12. The fourth-order valence-electron chi connectivity index (χ4n) is 2.77. The molecule has 0 spiro atoms. The van der Waals surface area contributed by atoms with Gasteiger partial charge in [-0.05, 0) is 55.8 Å². The van der Waals surface area contributed by atoms with Crippen LogP contribution < -0.4 is 15.0 Å². The molecule has 0 atom stereocenters. The van der Waals surface area contributed by atoms with E-state index in [2.05, 4.69) is 15.9 Å². The van der Waals surface area contributed by atoms with Crippen molar-refractivity contribution >= 4 is 38.9 Å². The lowest BCUT2D eigenvalue weighted by molar-refractivity contribution is -0.124. The molecule has 0 bridgehead atoms. The molecule has 0 radical (unpaired) electrons. The topological polar surface area (TPSA) is 80.9 Å². The van der Waals surface area contributed by atoms with Crippen molar-refractivity contribution in [2.24, 2.45) is 0 Å². The van der Waals surface area contributed by atoms with Crippen LogP contribution in [0.2, 0.25) is 0 Å². The van der Waals surface area contributed by atoms with E-state index < -0.39 is 5.91 Å². The van der Waals surface area contributed by atoms with Gasteiger partial charge in [0.1, 0.15) is 13.2 Å². The van der Waals surface area contributed by atoms with Crippen LogP contribution in [0, 0.1) is 0 Å². The lowest BCUT2D eigenvalue weighted by Crippen LogP contribution is -2.14. The molecule has 30 heavy (non-hydrogen) atoms. The highest BCUT2D eigenvalue weighted by atomic mass is 79.9. The fraction of sp³-hybridized carbons (Fsp3) is 0.174. The van der Waals surface area contributed by atoms with E-state index in [1.165, 1.54) is 6.08 Å². The van der Waals surface area contributed by atoms with E-state index in [0.29, 0.717) is 29.3 Å². The molecule has 156 valence electrons. The normalized spacial score (nSPS) is 10.9. The Hall–Kier alpha value is -3.03. The largest absolute Gasteiger partial charge is 0.484 e. The van der Waals surface area contributed by atoms with Crippen LogP contribution >= 0.6 is 15.9 Å². The van der Waals surface area contributed by atoms with E-state index in [1.807, 2.05) is 56.3 Å². The highest BCUT2D eigenvalue weighted by molar-refractivity contribution is 9.10. The first-order chi connectivity index (χ1) is 14.5. The number of rotatable bonds is 8. The van der Waals surface area contributed by atoms with Crippen LogP contribution in [-0.2, 0) is 11.4 Å². The molecular weight excluding hydrogens is 450 g/mol. The smallest absolute Gasteiger partial charge is 0.267 e. The third kappa shape index (κ3) is 5.52. The van der Waals surface area contributed by atoms with Gasteiger partial charge in [-0.1, -0.05) is 33.6 Å². The fourth-order valence-corrected chi connectivity index (χ4v) is 3.21. The van der Waals surface area contributed by atoms with Gasteiger partial charge in [0.2, 0.25) is 5.75 Å². The number of carbonyl (C=O) groups excluding carboxylic acids is 1. The van der Waals surface area contributed by atoms with Gasteiger partial charge in [-0.2, -0.15) is 0 Å². The molecule has 3 aromatic rings. The predicted molar refractivity (Wildman–Crippen MR) is 119 cm³/mol. The molecule has 2 N–H and O–H groups in total. The molecule has 0 fully saturated rings. The summed E-state index contributed by atoms with van der Waals surface area (Å²) in [7, 11) is 0. The second kappa shape index (κ2) is 10.1. The number of amides is 1. The summed E-state index contributed by atoms with van der Waals surface area (Å²) in [4.78, 5) is 11.5. The van der Waals surface area contributed by atoms with Gasteiger partial charge in [0.05, 0.1) is 6.26 Å². The lowest BCUT2D eigenvalue weighted by Gasteiger charge is -2.16. The van der Waals surface area contributed by atoms with E-state index >= 15 is 0 Å². The minimum Gasteiger partial charge on any atom is -0.484 e. The summed E-state index contributed by atoms with van der Waals surface area (Å²) in [5, 5.41) is 9.60. The first kappa shape index (κ1) is 21.7. The standard InChI is InChI=1S/C23H22BrNO5/c1-15(2)8-10-29-23-21-18(9-11-28-21)13-17(6-7-20(26)25-27)22(23)30-14-16-4-3-5-19(24)12-16/h3-9,11-13,27H,10,14H2,1-2H3,(H,25,26)/b7-6+. The van der Waals surface area contributed by atoms with E-state index in [-0.39, 0.29) is 6.61 Å². The Kier molecular flexibility index (Phi) is 7.32. The van der Waals surface area contributed by atoms with Crippen LogP contribution in [0.1, 0.15) is 25.0 Å². The van der Waals surface area contributed by atoms with Gasteiger partial charge >= 0.3 is 0 Å². The van der Waals surface area contributed by atoms with Crippen LogP contribution in [0.4, 0.5) is 0 Å². The van der Waals surface area contributed by atoms with Crippen LogP contribution in [0.15, 0.2) is 69.3 Å². The van der Waals surface area contributed by atoms with Gasteiger partial charge in [-0.3, -0.25) is 10.0 Å². The third-order valence-electron chi connectivity index (χ3n) is 4.20. The highest BCUT2D eigenvalue weighted by Gasteiger charge is 2.18. The van der Waals surface area contributed by atoms with E-state index in [4.69, 9.17) is 19.1 Å². The predicted octanol–water partition coefficient (Wildman–Crippen LogP) is 5.64. The van der Waals surface area contributed by atoms with Gasteiger partial charge in [0.25, 0.3) is 5.91 Å². The Balaban J connectivity index is 2.04. The maximum atomic E-state index is 11.5. The summed E-state index contributed by atoms with van der Waals surface area (Å²) in [5.74, 6) is 0.253. The van der Waals surface area contributed by atoms with Gasteiger partial charge < -0.3 is 13.9 Å². The van der Waals surface area contributed by atoms with Crippen molar-refractivity contribution in [3.63, 3.8) is 0 Å². The van der Waals surface area contributed by atoms with Crippen LogP contribution in [0.5, 0.6) is 11.5 Å². The zero-order valence-electron chi connectivity index (χ0n) is 16.6. The Morgan fingerprint density at radius 3 is 2.77 bits per heavy atom. The average Bonchev–Trinajstić information content (AvgIpc) is 3.19. The van der Waals surface area contributed by atoms with Crippen LogP contribution in [0.3, 0.4) is 0 Å². The minimum absolute atomic E-state index is 0.289. The number of furan rings is 1. The van der Waals surface area contributed by atoms with Gasteiger partial charge in [-0.25, -0.2) is 5.48 Å². The molecule has 0 aliphatic carbocycles. The maximum Gasteiger partial charge on any atom is 0.267 e. The molecular formula is C23H22BrNO5. The number of benzene rings is 2. The van der Waals surface area contributed by atoms with Crippen molar-refractivity contribution in [1.29, 1.82) is 0 Å². The molecule has 1 heterocycles. The number of hydroxylamine groups is 1. The molecule has 1 aromatic heterocycles. The highest BCUT2D eigenvalue weighted by Crippen LogP contribution is 2.41. The average molecular weight is 472 g/mol. The number of fused-ring (bicyclic) bond motifs is 1. The summed E-state index contributed by atoms with van der Waals surface area (Å²) in [6.07, 6.45) is 6.30. The van der Waals surface area contributed by atoms with E-state index in [1.54, 1.807) is 17.8 Å². The number of ether oxygens (including phenoxy) is 2. The maximum absolute atomic E-state index is 11.5. The van der Waals surface area contributed by atoms with E-state index in [0.717, 1.165) is 21.0 Å². The van der Waals surface area contributed by atoms with Crippen molar-refractivity contribution in [3.05, 3.63) is 76.0 Å². The number of halogens is 1. The number of hydrogen-bond acceptors (Lipinski definition) is 5. The zero-order chi connectivity index (χ0) is 21.5. The lowest BCUT2D eigenvalue weighted by atomic mass is 10.1. The summed E-state index contributed by atoms with van der Waals surface area (Å²) in [6.45, 7) is 4.61. The summed E-state index contributed by atoms with van der Waals surface area (Å²) in [6, 6.07) is 11.4. The van der Waals surface area contributed by atoms with E-state index in [9.17, 15) is 4.79 Å². The molecule has 2 aromatic carbocycles. The summed E-state index contributed by atoms with van der Waals surface area (Å²) in [5.41, 5.74) is 4.85. The minimum atomic E-state index is -0.646. The third-order valence-corrected chi connectivity index (χ3v) is 4.69. The molecule has 0 saturated heterocycles. The van der Waals surface area contributed by atoms with Crippen LogP contribution in [-0.4, -0.2) is 17.7 Å². The van der Waals surface area contributed by atoms with Crippen LogP contribution in [0.25, 0.3) is 17.0 Å². The second-order valence-corrected chi connectivity index (χ2v) is 7.70. The number of nitrogens with one attached hydrogen (secondary N) is 1. The molecule has 0 unspecified atom stereocenters. The Labute approximate surface area is 182 Å². The first-order valence-electron chi connectivity index (χ1n) is 9.27. The van der Waals surface area contributed by atoms with Gasteiger partial charge in [0.15, 0.2) is 11.3 Å². The number of carbonyl (C=O) groups is 1. The molecule has 6 nitrogen and oxygen atoms in total. The second-order valence-electron chi connectivity index (χ2n) is 6.78. The zero-order valence-corrected chi connectivity index (χ0v) is 18.2. The number of allylic oxidation sites excluding steroid dienone is 1. The number of hydrogen-bond donors (Lipinski definition) is 2. The molecule has 0 aliphatic rings. The summed E-state index contributed by atoms with van der Waals surface area (Å²) < 4.78 is 18.7. The van der Waals surface area contributed by atoms with Crippen molar-refractivity contribution in [2.75, 3.05) is 6.61 Å². The molecule has 0 saturated carbocycles.